The molecule has 2 unspecified atom stereocenters. The molecule has 5 heteroatoms. The first-order valence-electron chi connectivity index (χ1n) is 8.73. The van der Waals surface area contributed by atoms with Crippen molar-refractivity contribution in [1.29, 1.82) is 0 Å². The highest BCUT2D eigenvalue weighted by molar-refractivity contribution is 5.94. The van der Waals surface area contributed by atoms with Gasteiger partial charge in [-0.25, -0.2) is 0 Å². The van der Waals surface area contributed by atoms with Crippen LogP contribution in [-0.4, -0.2) is 60.5 Å². The Hall–Kier alpha value is -1.43. The molecule has 0 bridgehead atoms. The SMILES string of the molecule is CC1NNC(C)C1CCN1CCN(C(=O)c2ccccc2)CC1. The summed E-state index contributed by atoms with van der Waals surface area (Å²) in [5, 5.41) is 0. The molecule has 1 aromatic carbocycles. The number of nitrogens with one attached hydrogen (secondary N) is 2. The lowest BCUT2D eigenvalue weighted by Crippen LogP contribution is -2.49. The third-order valence-electron chi connectivity index (χ3n) is 5.28. The molecule has 2 saturated heterocycles. The molecule has 2 fully saturated rings. The fourth-order valence-electron chi connectivity index (χ4n) is 3.68. The van der Waals surface area contributed by atoms with Crippen molar-refractivity contribution < 1.29 is 4.79 Å². The minimum atomic E-state index is 0.164. The van der Waals surface area contributed by atoms with E-state index in [4.69, 9.17) is 0 Å². The van der Waals surface area contributed by atoms with Crippen LogP contribution in [0.25, 0.3) is 0 Å². The van der Waals surface area contributed by atoms with Crippen LogP contribution < -0.4 is 10.9 Å². The van der Waals surface area contributed by atoms with Gasteiger partial charge in [0, 0.05) is 43.8 Å². The summed E-state index contributed by atoms with van der Waals surface area (Å²) < 4.78 is 0. The van der Waals surface area contributed by atoms with Gasteiger partial charge in [0.1, 0.15) is 0 Å². The van der Waals surface area contributed by atoms with Gasteiger partial charge in [-0.05, 0) is 44.9 Å². The Balaban J connectivity index is 1.44. The summed E-state index contributed by atoms with van der Waals surface area (Å²) in [7, 11) is 0. The van der Waals surface area contributed by atoms with Gasteiger partial charge in [0.05, 0.1) is 0 Å². The molecule has 0 aromatic heterocycles. The number of hydrogen-bond acceptors (Lipinski definition) is 4. The summed E-state index contributed by atoms with van der Waals surface area (Å²) in [5.74, 6) is 0.843. The van der Waals surface area contributed by atoms with Crippen molar-refractivity contribution in [2.24, 2.45) is 5.92 Å². The second-order valence-corrected chi connectivity index (χ2v) is 6.82. The predicted octanol–water partition coefficient (Wildman–Crippen LogP) is 1.34. The van der Waals surface area contributed by atoms with Gasteiger partial charge in [-0.2, -0.15) is 0 Å². The van der Waals surface area contributed by atoms with Crippen molar-refractivity contribution in [2.45, 2.75) is 32.4 Å². The van der Waals surface area contributed by atoms with Crippen molar-refractivity contribution in [2.75, 3.05) is 32.7 Å². The molecule has 2 atom stereocenters. The molecule has 2 N–H and O–H groups in total. The zero-order valence-electron chi connectivity index (χ0n) is 14.2. The molecular formula is C18H28N4O. The van der Waals surface area contributed by atoms with Gasteiger partial charge in [-0.1, -0.05) is 18.2 Å². The van der Waals surface area contributed by atoms with Crippen molar-refractivity contribution in [3.05, 3.63) is 35.9 Å². The van der Waals surface area contributed by atoms with E-state index in [9.17, 15) is 4.79 Å². The Morgan fingerprint density at radius 1 is 1.04 bits per heavy atom. The number of nitrogens with zero attached hydrogens (tertiary/aromatic N) is 2. The maximum absolute atomic E-state index is 12.5. The van der Waals surface area contributed by atoms with Gasteiger partial charge >= 0.3 is 0 Å². The molecule has 23 heavy (non-hydrogen) atoms. The van der Waals surface area contributed by atoms with Gasteiger partial charge in [-0.3, -0.25) is 20.5 Å². The predicted molar refractivity (Wildman–Crippen MR) is 92.1 cm³/mol. The number of rotatable bonds is 4. The van der Waals surface area contributed by atoms with Crippen LogP contribution in [0.15, 0.2) is 30.3 Å². The van der Waals surface area contributed by atoms with E-state index in [1.54, 1.807) is 0 Å². The molecule has 126 valence electrons. The van der Waals surface area contributed by atoms with Crippen LogP contribution in [0.2, 0.25) is 0 Å². The van der Waals surface area contributed by atoms with E-state index in [1.807, 2.05) is 35.2 Å². The van der Waals surface area contributed by atoms with Gasteiger partial charge < -0.3 is 4.90 Å². The number of amides is 1. The van der Waals surface area contributed by atoms with Gasteiger partial charge in [0.2, 0.25) is 0 Å². The van der Waals surface area contributed by atoms with Crippen molar-refractivity contribution in [3.8, 4) is 0 Å². The van der Waals surface area contributed by atoms with Crippen LogP contribution in [0.5, 0.6) is 0 Å². The number of carbonyl (C=O) groups is 1. The van der Waals surface area contributed by atoms with Crippen LogP contribution in [0, 0.1) is 5.92 Å². The first kappa shape index (κ1) is 16.4. The maximum atomic E-state index is 12.5. The maximum Gasteiger partial charge on any atom is 0.253 e. The zero-order chi connectivity index (χ0) is 16.2. The minimum absolute atomic E-state index is 0.164. The van der Waals surface area contributed by atoms with E-state index in [0.717, 1.165) is 38.3 Å². The lowest BCUT2D eigenvalue weighted by atomic mass is 9.93. The van der Waals surface area contributed by atoms with Crippen LogP contribution in [-0.2, 0) is 0 Å². The van der Waals surface area contributed by atoms with Crippen LogP contribution >= 0.6 is 0 Å². The molecule has 0 aliphatic carbocycles. The van der Waals surface area contributed by atoms with Crippen LogP contribution in [0.4, 0.5) is 0 Å². The summed E-state index contributed by atoms with van der Waals surface area (Å²) in [6.45, 7) is 9.25. The van der Waals surface area contributed by atoms with E-state index >= 15 is 0 Å². The number of hydrazine groups is 1. The van der Waals surface area contributed by atoms with Gasteiger partial charge in [0.25, 0.3) is 5.91 Å². The molecule has 2 heterocycles. The van der Waals surface area contributed by atoms with E-state index in [2.05, 4.69) is 29.6 Å². The molecule has 2 aliphatic heterocycles. The fourth-order valence-corrected chi connectivity index (χ4v) is 3.68. The first-order valence-corrected chi connectivity index (χ1v) is 8.73. The smallest absolute Gasteiger partial charge is 0.253 e. The average Bonchev–Trinajstić information content (AvgIpc) is 2.92. The van der Waals surface area contributed by atoms with Crippen molar-refractivity contribution >= 4 is 5.91 Å². The van der Waals surface area contributed by atoms with Gasteiger partial charge in [0.15, 0.2) is 0 Å². The molecule has 2 aliphatic rings. The Labute approximate surface area is 139 Å². The number of benzene rings is 1. The largest absolute Gasteiger partial charge is 0.336 e. The molecule has 3 rings (SSSR count). The fraction of sp³-hybridized carbons (Fsp3) is 0.611. The molecule has 5 nitrogen and oxygen atoms in total. The third kappa shape index (κ3) is 3.91. The number of carbonyl (C=O) groups excluding carboxylic acids is 1. The summed E-state index contributed by atoms with van der Waals surface area (Å²) in [6.07, 6.45) is 1.20. The second-order valence-electron chi connectivity index (χ2n) is 6.82. The summed E-state index contributed by atoms with van der Waals surface area (Å²) in [4.78, 5) is 16.9. The van der Waals surface area contributed by atoms with E-state index in [-0.39, 0.29) is 5.91 Å². The standard InChI is InChI=1S/C18H28N4O/c1-14-17(15(2)20-19-14)8-9-21-10-12-22(13-11-21)18(23)16-6-4-3-5-7-16/h3-7,14-15,17,19-20H,8-13H2,1-2H3. The molecular weight excluding hydrogens is 288 g/mol. The summed E-state index contributed by atoms with van der Waals surface area (Å²) in [5.41, 5.74) is 7.45. The Kier molecular flexibility index (Phi) is 5.30. The van der Waals surface area contributed by atoms with Crippen LogP contribution in [0.3, 0.4) is 0 Å². The molecule has 1 aromatic rings. The second kappa shape index (κ2) is 7.43. The molecule has 1 amide bonds. The Bertz CT molecular complexity index is 503. The third-order valence-corrected chi connectivity index (χ3v) is 5.28. The summed E-state index contributed by atoms with van der Waals surface area (Å²) in [6, 6.07) is 10.7. The van der Waals surface area contributed by atoms with Crippen molar-refractivity contribution in [3.63, 3.8) is 0 Å². The van der Waals surface area contributed by atoms with Crippen molar-refractivity contribution in [1.82, 2.24) is 20.7 Å². The molecule has 0 spiro atoms. The van der Waals surface area contributed by atoms with Gasteiger partial charge in [-0.15, -0.1) is 0 Å². The van der Waals surface area contributed by atoms with E-state index in [0.29, 0.717) is 18.0 Å². The minimum Gasteiger partial charge on any atom is -0.336 e. The highest BCUT2D eigenvalue weighted by atomic mass is 16.2. The first-order chi connectivity index (χ1) is 11.1. The van der Waals surface area contributed by atoms with E-state index in [1.165, 1.54) is 6.42 Å². The normalized spacial score (nSPS) is 29.0. The number of hydrogen-bond donors (Lipinski definition) is 2. The highest BCUT2D eigenvalue weighted by Crippen LogP contribution is 2.19. The highest BCUT2D eigenvalue weighted by Gasteiger charge is 2.30. The number of piperazine rings is 1. The van der Waals surface area contributed by atoms with Crippen LogP contribution in [0.1, 0.15) is 30.6 Å². The lowest BCUT2D eigenvalue weighted by Gasteiger charge is -2.35. The molecule has 0 radical (unpaired) electrons. The topological polar surface area (TPSA) is 47.6 Å². The average molecular weight is 316 g/mol. The zero-order valence-corrected chi connectivity index (χ0v) is 14.2. The Morgan fingerprint density at radius 3 is 2.26 bits per heavy atom. The summed E-state index contributed by atoms with van der Waals surface area (Å²) >= 11 is 0. The lowest BCUT2D eigenvalue weighted by molar-refractivity contribution is 0.0629. The monoisotopic (exact) mass is 316 g/mol. The quantitative estimate of drug-likeness (QED) is 0.880. The molecule has 0 saturated carbocycles. The Morgan fingerprint density at radius 2 is 1.65 bits per heavy atom. The van der Waals surface area contributed by atoms with E-state index < -0.39 is 0 Å².